The number of amides is 2. The summed E-state index contributed by atoms with van der Waals surface area (Å²) in [5.41, 5.74) is 0. The molecule has 0 spiro atoms. The van der Waals surface area contributed by atoms with Crippen LogP contribution in [0.4, 0.5) is 0 Å². The van der Waals surface area contributed by atoms with E-state index in [1.54, 1.807) is 0 Å². The highest BCUT2D eigenvalue weighted by molar-refractivity contribution is 7.99. The standard InChI is InChI=1S/C9H16N2O2S/c1-6(14-2)9(13)10-5-8(12)11-7-3-4-7/h6-7H,3-5H2,1-2H3,(H,10,13)(H,11,12). The highest BCUT2D eigenvalue weighted by atomic mass is 32.2. The molecule has 0 aliphatic heterocycles. The van der Waals surface area contributed by atoms with E-state index in [1.165, 1.54) is 11.8 Å². The van der Waals surface area contributed by atoms with Gasteiger partial charge in [-0.2, -0.15) is 11.8 Å². The lowest BCUT2D eigenvalue weighted by molar-refractivity contribution is -0.125. The Hall–Kier alpha value is -0.710. The molecule has 0 saturated heterocycles. The maximum Gasteiger partial charge on any atom is 0.239 e. The maximum atomic E-state index is 11.3. The fourth-order valence-corrected chi connectivity index (χ4v) is 1.22. The topological polar surface area (TPSA) is 58.2 Å². The molecule has 1 aliphatic rings. The van der Waals surface area contributed by atoms with E-state index in [2.05, 4.69) is 10.6 Å². The number of hydrogen-bond acceptors (Lipinski definition) is 3. The molecule has 1 aliphatic carbocycles. The third-order valence-electron chi connectivity index (χ3n) is 2.09. The Bertz CT molecular complexity index is 229. The van der Waals surface area contributed by atoms with Gasteiger partial charge in [-0.3, -0.25) is 9.59 Å². The first-order chi connectivity index (χ1) is 6.63. The van der Waals surface area contributed by atoms with Crippen molar-refractivity contribution < 1.29 is 9.59 Å². The predicted molar refractivity (Wildman–Crippen MR) is 57.2 cm³/mol. The summed E-state index contributed by atoms with van der Waals surface area (Å²) < 4.78 is 0. The first kappa shape index (κ1) is 11.4. The van der Waals surface area contributed by atoms with Gasteiger partial charge in [0.2, 0.25) is 11.8 Å². The molecule has 14 heavy (non-hydrogen) atoms. The van der Waals surface area contributed by atoms with Gasteiger partial charge >= 0.3 is 0 Å². The normalized spacial score (nSPS) is 17.3. The smallest absolute Gasteiger partial charge is 0.239 e. The Morgan fingerprint density at radius 3 is 2.64 bits per heavy atom. The van der Waals surface area contributed by atoms with Gasteiger partial charge in [0.15, 0.2) is 0 Å². The van der Waals surface area contributed by atoms with Crippen LogP contribution in [0, 0.1) is 0 Å². The summed E-state index contributed by atoms with van der Waals surface area (Å²) in [6, 6.07) is 0.359. The van der Waals surface area contributed by atoms with E-state index in [4.69, 9.17) is 0 Å². The van der Waals surface area contributed by atoms with Crippen LogP contribution in [0.5, 0.6) is 0 Å². The molecular weight excluding hydrogens is 200 g/mol. The van der Waals surface area contributed by atoms with Crippen molar-refractivity contribution in [3.8, 4) is 0 Å². The van der Waals surface area contributed by atoms with Crippen LogP contribution < -0.4 is 10.6 Å². The molecule has 0 aromatic carbocycles. The van der Waals surface area contributed by atoms with Crippen LogP contribution in [-0.4, -0.2) is 35.9 Å². The molecule has 0 aromatic heterocycles. The summed E-state index contributed by atoms with van der Waals surface area (Å²) in [4.78, 5) is 22.4. The summed E-state index contributed by atoms with van der Waals surface area (Å²) in [5.74, 6) is -0.169. The number of thioether (sulfide) groups is 1. The zero-order chi connectivity index (χ0) is 10.6. The molecule has 0 bridgehead atoms. The molecule has 5 heteroatoms. The lowest BCUT2D eigenvalue weighted by Gasteiger charge is -2.09. The molecule has 80 valence electrons. The van der Waals surface area contributed by atoms with Crippen LogP contribution in [0.15, 0.2) is 0 Å². The number of hydrogen-bond donors (Lipinski definition) is 2. The Labute approximate surface area is 88.2 Å². The Morgan fingerprint density at radius 2 is 2.14 bits per heavy atom. The summed E-state index contributed by atoms with van der Waals surface area (Å²) in [7, 11) is 0. The quantitative estimate of drug-likeness (QED) is 0.687. The van der Waals surface area contributed by atoms with E-state index >= 15 is 0 Å². The van der Waals surface area contributed by atoms with Crippen LogP contribution in [0.3, 0.4) is 0 Å². The van der Waals surface area contributed by atoms with Gasteiger partial charge in [0.1, 0.15) is 0 Å². The van der Waals surface area contributed by atoms with Crippen LogP contribution in [0.1, 0.15) is 19.8 Å². The summed E-state index contributed by atoms with van der Waals surface area (Å²) in [5, 5.41) is 5.31. The third-order valence-corrected chi connectivity index (χ3v) is 3.01. The fourth-order valence-electron chi connectivity index (χ4n) is 0.925. The van der Waals surface area contributed by atoms with Crippen molar-refractivity contribution in [1.82, 2.24) is 10.6 Å². The van der Waals surface area contributed by atoms with Crippen LogP contribution in [0.25, 0.3) is 0 Å². The molecular formula is C9H16N2O2S. The van der Waals surface area contributed by atoms with Crippen LogP contribution >= 0.6 is 11.8 Å². The van der Waals surface area contributed by atoms with Gasteiger partial charge in [-0.05, 0) is 26.0 Å². The van der Waals surface area contributed by atoms with Crippen LogP contribution in [0.2, 0.25) is 0 Å². The number of carbonyl (C=O) groups is 2. The molecule has 4 nitrogen and oxygen atoms in total. The van der Waals surface area contributed by atoms with E-state index in [0.717, 1.165) is 12.8 Å². The molecule has 1 rings (SSSR count). The van der Waals surface area contributed by atoms with Gasteiger partial charge in [0, 0.05) is 6.04 Å². The Balaban J connectivity index is 2.11. The minimum absolute atomic E-state index is 0.0801. The van der Waals surface area contributed by atoms with E-state index < -0.39 is 0 Å². The van der Waals surface area contributed by atoms with Crippen molar-refractivity contribution in [1.29, 1.82) is 0 Å². The molecule has 0 heterocycles. The zero-order valence-electron chi connectivity index (χ0n) is 8.50. The third kappa shape index (κ3) is 4.00. The number of nitrogens with one attached hydrogen (secondary N) is 2. The van der Waals surface area contributed by atoms with Gasteiger partial charge in [0.25, 0.3) is 0 Å². The molecule has 2 amide bonds. The van der Waals surface area contributed by atoms with Gasteiger partial charge in [-0.1, -0.05) is 0 Å². The number of carbonyl (C=O) groups excluding carboxylic acids is 2. The first-order valence-corrected chi connectivity index (χ1v) is 6.02. The summed E-state index contributed by atoms with van der Waals surface area (Å²) in [6.07, 6.45) is 4.01. The maximum absolute atomic E-state index is 11.3. The van der Waals surface area contributed by atoms with Gasteiger partial charge in [-0.15, -0.1) is 0 Å². The van der Waals surface area contributed by atoms with Crippen molar-refractivity contribution in [3.05, 3.63) is 0 Å². The molecule has 1 saturated carbocycles. The SMILES string of the molecule is CSC(C)C(=O)NCC(=O)NC1CC1. The Kier molecular flexibility index (Phi) is 4.25. The van der Waals surface area contributed by atoms with E-state index in [1.807, 2.05) is 13.2 Å². The molecule has 1 unspecified atom stereocenters. The van der Waals surface area contributed by atoms with Gasteiger partial charge < -0.3 is 10.6 Å². The first-order valence-electron chi connectivity index (χ1n) is 4.73. The average molecular weight is 216 g/mol. The second-order valence-electron chi connectivity index (χ2n) is 3.44. The molecule has 1 atom stereocenters. The second-order valence-corrected chi connectivity index (χ2v) is 4.62. The monoisotopic (exact) mass is 216 g/mol. The van der Waals surface area contributed by atoms with Crippen molar-refractivity contribution in [3.63, 3.8) is 0 Å². The molecule has 0 aromatic rings. The zero-order valence-corrected chi connectivity index (χ0v) is 9.32. The number of rotatable bonds is 5. The minimum atomic E-state index is -0.0938. The summed E-state index contributed by atoms with van der Waals surface area (Å²) in [6.45, 7) is 1.92. The van der Waals surface area contributed by atoms with Crippen molar-refractivity contribution in [2.24, 2.45) is 0 Å². The van der Waals surface area contributed by atoms with E-state index in [9.17, 15) is 9.59 Å². The van der Waals surface area contributed by atoms with Crippen molar-refractivity contribution in [2.45, 2.75) is 31.1 Å². The van der Waals surface area contributed by atoms with E-state index in [-0.39, 0.29) is 23.6 Å². The lowest BCUT2D eigenvalue weighted by atomic mass is 10.4. The van der Waals surface area contributed by atoms with Crippen LogP contribution in [-0.2, 0) is 9.59 Å². The highest BCUT2D eigenvalue weighted by Gasteiger charge is 2.23. The molecule has 1 fully saturated rings. The Morgan fingerprint density at radius 1 is 1.50 bits per heavy atom. The van der Waals surface area contributed by atoms with Gasteiger partial charge in [0.05, 0.1) is 11.8 Å². The minimum Gasteiger partial charge on any atom is -0.352 e. The predicted octanol–water partition coefficient (Wildman–Crippen LogP) is 0.133. The van der Waals surface area contributed by atoms with Crippen molar-refractivity contribution in [2.75, 3.05) is 12.8 Å². The highest BCUT2D eigenvalue weighted by Crippen LogP contribution is 2.18. The molecule has 2 N–H and O–H groups in total. The fraction of sp³-hybridized carbons (Fsp3) is 0.778. The average Bonchev–Trinajstić information content (AvgIpc) is 2.96. The van der Waals surface area contributed by atoms with Gasteiger partial charge in [-0.25, -0.2) is 0 Å². The second kappa shape index (κ2) is 5.24. The van der Waals surface area contributed by atoms with Crippen molar-refractivity contribution >= 4 is 23.6 Å². The summed E-state index contributed by atoms with van der Waals surface area (Å²) >= 11 is 1.47. The molecule has 0 radical (unpaired) electrons. The lowest BCUT2D eigenvalue weighted by Crippen LogP contribution is -2.40. The largest absolute Gasteiger partial charge is 0.352 e. The van der Waals surface area contributed by atoms with E-state index in [0.29, 0.717) is 6.04 Å².